The van der Waals surface area contributed by atoms with E-state index in [1.54, 1.807) is 0 Å². The SMILES string of the molecule is [Na+].[Na+].[Ni+2].[Ni+2].[O-2].[O-2].[O-2].[O-2].[O-2].[O-2].[O-2].[Sn+4].[Sn+4]. The zero-order valence-corrected chi connectivity index (χ0v) is 18.2. The van der Waals surface area contributed by atoms with E-state index >= 15 is 0 Å². The van der Waals surface area contributed by atoms with Gasteiger partial charge in [0.1, 0.15) is 0 Å². The van der Waals surface area contributed by atoms with Gasteiger partial charge in [0, 0.05) is 0 Å². The third kappa shape index (κ3) is 180. The molecular formula is Na2Ni2O7Sn2. The van der Waals surface area contributed by atoms with Crippen LogP contribution in [0.2, 0.25) is 0 Å². The van der Waals surface area contributed by atoms with Gasteiger partial charge in [-0.2, -0.15) is 0 Å². The van der Waals surface area contributed by atoms with Crippen molar-refractivity contribution in [2.75, 3.05) is 0 Å². The molecule has 0 unspecified atom stereocenters. The van der Waals surface area contributed by atoms with Gasteiger partial charge in [0.25, 0.3) is 0 Å². The zero-order chi connectivity index (χ0) is 0. The number of hydrogen-bond acceptors (Lipinski definition) is 0. The summed E-state index contributed by atoms with van der Waals surface area (Å²) in [5.41, 5.74) is 0. The molecule has 0 aliphatic heterocycles. The molecule has 0 atom stereocenters. The van der Waals surface area contributed by atoms with Crippen molar-refractivity contribution >= 4 is 47.8 Å². The predicted molar refractivity (Wildman–Crippen MR) is 16.3 cm³/mol. The Balaban J connectivity index is 0. The minimum atomic E-state index is 0. The summed E-state index contributed by atoms with van der Waals surface area (Å²) in [6.45, 7) is 0. The summed E-state index contributed by atoms with van der Waals surface area (Å²) in [4.78, 5) is 0. The zero-order valence-electron chi connectivity index (χ0n) is 6.49. The van der Waals surface area contributed by atoms with Gasteiger partial charge in [-0.3, -0.25) is 0 Å². The van der Waals surface area contributed by atoms with Crippen molar-refractivity contribution in [1.82, 2.24) is 0 Å². The Kier molecular flexibility index (Phi) is 3940. The van der Waals surface area contributed by atoms with Crippen LogP contribution in [-0.2, 0) is 71.3 Å². The summed E-state index contributed by atoms with van der Waals surface area (Å²) < 4.78 is 0. The first-order valence-corrected chi connectivity index (χ1v) is 0. The number of rotatable bonds is 0. The van der Waals surface area contributed by atoms with Crippen molar-refractivity contribution < 1.29 is 130 Å². The van der Waals surface area contributed by atoms with Gasteiger partial charge in [0.05, 0.1) is 0 Å². The Hall–Kier alpha value is 4.30. The molecule has 13 heavy (non-hydrogen) atoms. The van der Waals surface area contributed by atoms with Gasteiger partial charge in [-0.25, -0.2) is 0 Å². The van der Waals surface area contributed by atoms with Gasteiger partial charge in [-0.05, 0) is 0 Å². The third-order valence-electron chi connectivity index (χ3n) is 0. The van der Waals surface area contributed by atoms with E-state index in [1.807, 2.05) is 0 Å². The average Bonchev–Trinajstić information content (AvgIpc) is 0. The van der Waals surface area contributed by atoms with Crippen molar-refractivity contribution in [3.8, 4) is 0 Å². The van der Waals surface area contributed by atoms with E-state index in [9.17, 15) is 0 Å². The summed E-state index contributed by atoms with van der Waals surface area (Å²) >= 11 is 0. The van der Waals surface area contributed by atoms with Crippen LogP contribution in [0.15, 0.2) is 0 Å². The summed E-state index contributed by atoms with van der Waals surface area (Å²) in [6.07, 6.45) is 0. The summed E-state index contributed by atoms with van der Waals surface area (Å²) in [5, 5.41) is 0. The fourth-order valence-corrected chi connectivity index (χ4v) is 0. The molecule has 0 bridgehead atoms. The monoisotopic (exact) mass is 514 g/mol. The van der Waals surface area contributed by atoms with Crippen LogP contribution in [0.4, 0.5) is 0 Å². The standard InChI is InChI=1S/2Na.2Ni.7O.2Sn/q2*+1;2*+2;7*-2;2*+4. The van der Waals surface area contributed by atoms with Crippen molar-refractivity contribution in [3.05, 3.63) is 0 Å². The van der Waals surface area contributed by atoms with Crippen LogP contribution in [0, 0.1) is 0 Å². The maximum atomic E-state index is 0. The largest absolute Gasteiger partial charge is 4.00 e. The van der Waals surface area contributed by atoms with Crippen LogP contribution in [0.1, 0.15) is 0 Å². The maximum Gasteiger partial charge on any atom is 4.00 e. The number of hydrogen-bond donors (Lipinski definition) is 0. The van der Waals surface area contributed by atoms with E-state index in [-0.39, 0.29) is 178 Å². The van der Waals surface area contributed by atoms with Crippen molar-refractivity contribution in [3.63, 3.8) is 0 Å². The molecular weight excluding hydrogens is 513 g/mol. The van der Waals surface area contributed by atoms with Gasteiger partial charge in [0.15, 0.2) is 0 Å². The molecule has 72 valence electrons. The fraction of sp³-hybridized carbons (Fsp3) is 0. The van der Waals surface area contributed by atoms with Crippen LogP contribution in [0.5, 0.6) is 0 Å². The molecule has 0 aromatic rings. The Bertz CT molecular complexity index is 22.5. The molecule has 0 aromatic heterocycles. The molecule has 0 saturated carbocycles. The second-order valence-corrected chi connectivity index (χ2v) is 0. The average molecular weight is 513 g/mol. The van der Waals surface area contributed by atoms with E-state index in [0.29, 0.717) is 0 Å². The second kappa shape index (κ2) is 206. The van der Waals surface area contributed by atoms with E-state index in [2.05, 4.69) is 0 Å². The van der Waals surface area contributed by atoms with Gasteiger partial charge in [-0.1, -0.05) is 0 Å². The minimum Gasteiger partial charge on any atom is -2.00 e. The molecule has 0 radical (unpaired) electrons. The summed E-state index contributed by atoms with van der Waals surface area (Å²) in [5.74, 6) is 0. The molecule has 0 spiro atoms. The van der Waals surface area contributed by atoms with Crippen LogP contribution in [0.3, 0.4) is 0 Å². The quantitative estimate of drug-likeness (QED) is 0.278. The van der Waals surface area contributed by atoms with E-state index < -0.39 is 0 Å². The molecule has 13 heteroatoms. The van der Waals surface area contributed by atoms with Crippen LogP contribution in [0.25, 0.3) is 0 Å². The Morgan fingerprint density at radius 2 is 0.308 bits per heavy atom. The molecule has 0 fully saturated rings. The Labute approximate surface area is 175 Å². The van der Waals surface area contributed by atoms with Crippen molar-refractivity contribution in [2.24, 2.45) is 0 Å². The molecule has 0 amide bonds. The van der Waals surface area contributed by atoms with E-state index in [4.69, 9.17) is 0 Å². The van der Waals surface area contributed by atoms with Crippen LogP contribution >= 0.6 is 0 Å². The van der Waals surface area contributed by atoms with Gasteiger partial charge in [-0.15, -0.1) is 0 Å². The van der Waals surface area contributed by atoms with Gasteiger partial charge >= 0.3 is 140 Å². The Morgan fingerprint density at radius 1 is 0.308 bits per heavy atom. The molecule has 0 rings (SSSR count). The fourth-order valence-electron chi connectivity index (χ4n) is 0. The molecule has 0 aliphatic rings. The first-order valence-electron chi connectivity index (χ1n) is 0. The first-order chi connectivity index (χ1) is 0. The molecule has 0 aromatic carbocycles. The van der Waals surface area contributed by atoms with Crippen LogP contribution in [-0.4, -0.2) is 47.8 Å². The molecule has 0 aliphatic carbocycles. The normalized spacial score (nSPS) is 0. The first kappa shape index (κ1) is 248. The van der Waals surface area contributed by atoms with Crippen LogP contribution < -0.4 is 59.1 Å². The molecule has 7 nitrogen and oxygen atoms in total. The second-order valence-electron chi connectivity index (χ2n) is 0. The smallest absolute Gasteiger partial charge is 2.00 e. The van der Waals surface area contributed by atoms with E-state index in [0.717, 1.165) is 0 Å². The van der Waals surface area contributed by atoms with Crippen molar-refractivity contribution in [1.29, 1.82) is 0 Å². The predicted octanol–water partition coefficient (Wildman–Crippen LogP) is -7.59. The summed E-state index contributed by atoms with van der Waals surface area (Å²) in [7, 11) is 0. The maximum absolute atomic E-state index is 0. The van der Waals surface area contributed by atoms with E-state index in [1.165, 1.54) is 0 Å². The van der Waals surface area contributed by atoms with Crippen molar-refractivity contribution in [2.45, 2.75) is 0 Å². The minimum absolute atomic E-state index is 0. The molecule has 0 heterocycles. The topological polar surface area (TPSA) is 200 Å². The Morgan fingerprint density at radius 3 is 0.308 bits per heavy atom. The molecule has 0 saturated heterocycles. The third-order valence-corrected chi connectivity index (χ3v) is 0. The summed E-state index contributed by atoms with van der Waals surface area (Å²) in [6, 6.07) is 0. The van der Waals surface area contributed by atoms with Gasteiger partial charge in [0.2, 0.25) is 0 Å². The van der Waals surface area contributed by atoms with Gasteiger partial charge < -0.3 is 38.3 Å². The molecule has 0 N–H and O–H groups in total.